The predicted octanol–water partition coefficient (Wildman–Crippen LogP) is 3.08. The van der Waals surface area contributed by atoms with E-state index in [-0.39, 0.29) is 11.6 Å². The van der Waals surface area contributed by atoms with Gasteiger partial charge in [-0.15, -0.1) is 0 Å². The first-order valence-corrected chi connectivity index (χ1v) is 6.21. The van der Waals surface area contributed by atoms with Crippen LogP contribution in [0.1, 0.15) is 44.6 Å². The van der Waals surface area contributed by atoms with Crippen molar-refractivity contribution in [2.24, 2.45) is 7.05 Å². The van der Waals surface area contributed by atoms with Crippen molar-refractivity contribution in [2.45, 2.75) is 20.8 Å². The Kier molecular flexibility index (Phi) is 3.38. The monoisotopic (exact) mass is 255 g/mol. The third-order valence-corrected chi connectivity index (χ3v) is 3.53. The van der Waals surface area contributed by atoms with Crippen LogP contribution in [0.5, 0.6) is 0 Å². The van der Waals surface area contributed by atoms with Crippen LogP contribution in [-0.4, -0.2) is 16.1 Å². The summed E-state index contributed by atoms with van der Waals surface area (Å²) in [6, 6.07) is 9.13. The predicted molar refractivity (Wildman–Crippen MR) is 74.8 cm³/mol. The summed E-state index contributed by atoms with van der Waals surface area (Å²) in [5.74, 6) is -0.0473. The molecule has 3 heteroatoms. The minimum Gasteiger partial charge on any atom is -0.344 e. The van der Waals surface area contributed by atoms with Crippen LogP contribution < -0.4 is 0 Å². The molecule has 0 aliphatic carbocycles. The lowest BCUT2D eigenvalue weighted by Gasteiger charge is -2.05. The maximum atomic E-state index is 12.5. The Bertz CT molecular complexity index is 651. The molecule has 0 amide bonds. The number of benzene rings is 1. The first-order chi connectivity index (χ1) is 8.95. The van der Waals surface area contributed by atoms with Crippen molar-refractivity contribution >= 4 is 11.6 Å². The highest BCUT2D eigenvalue weighted by molar-refractivity contribution is 6.11. The standard InChI is InChI=1S/C16H17NO2/c1-10-14(12(3)18)11(2)17(4)15(10)16(19)13-8-6-5-7-9-13/h5-9H,1-4H3. The van der Waals surface area contributed by atoms with Gasteiger partial charge in [-0.2, -0.15) is 0 Å². The van der Waals surface area contributed by atoms with Gasteiger partial charge in [-0.25, -0.2) is 0 Å². The molecule has 0 aliphatic rings. The molecular weight excluding hydrogens is 238 g/mol. The molecule has 2 aromatic rings. The summed E-state index contributed by atoms with van der Waals surface area (Å²) in [4.78, 5) is 24.2. The van der Waals surface area contributed by atoms with Crippen LogP contribution in [0.25, 0.3) is 0 Å². The van der Waals surface area contributed by atoms with E-state index in [1.807, 2.05) is 39.1 Å². The highest BCUT2D eigenvalue weighted by atomic mass is 16.1. The van der Waals surface area contributed by atoms with Gasteiger partial charge < -0.3 is 4.57 Å². The van der Waals surface area contributed by atoms with Gasteiger partial charge in [0.2, 0.25) is 5.78 Å². The van der Waals surface area contributed by atoms with E-state index < -0.39 is 0 Å². The Balaban J connectivity index is 2.62. The summed E-state index contributed by atoms with van der Waals surface area (Å²) in [5, 5.41) is 0. The third kappa shape index (κ3) is 2.12. The lowest BCUT2D eigenvalue weighted by atomic mass is 10.0. The summed E-state index contributed by atoms with van der Waals surface area (Å²) < 4.78 is 1.81. The SMILES string of the molecule is CC(=O)c1c(C)c(C(=O)c2ccccc2)n(C)c1C. The fourth-order valence-corrected chi connectivity index (χ4v) is 2.54. The van der Waals surface area contributed by atoms with E-state index in [1.54, 1.807) is 16.7 Å². The molecule has 0 saturated heterocycles. The Morgan fingerprint density at radius 2 is 1.63 bits per heavy atom. The maximum Gasteiger partial charge on any atom is 0.209 e. The van der Waals surface area contributed by atoms with Crippen molar-refractivity contribution < 1.29 is 9.59 Å². The largest absolute Gasteiger partial charge is 0.344 e. The number of ketones is 2. The average molecular weight is 255 g/mol. The molecule has 0 spiro atoms. The van der Waals surface area contributed by atoms with Crippen LogP contribution >= 0.6 is 0 Å². The van der Waals surface area contributed by atoms with Crippen molar-refractivity contribution in [2.75, 3.05) is 0 Å². The number of carbonyl (C=O) groups excluding carboxylic acids is 2. The molecule has 1 heterocycles. The smallest absolute Gasteiger partial charge is 0.209 e. The minimum absolute atomic E-state index is 0.00212. The molecule has 2 rings (SSSR count). The minimum atomic E-state index is -0.0452. The summed E-state index contributed by atoms with van der Waals surface area (Å²) in [6.07, 6.45) is 0. The zero-order valence-corrected chi connectivity index (χ0v) is 11.7. The fraction of sp³-hybridized carbons (Fsp3) is 0.250. The number of Topliss-reactive ketones (excluding diaryl/α,β-unsaturated/α-hetero) is 1. The van der Waals surface area contributed by atoms with E-state index in [0.717, 1.165) is 11.3 Å². The fourth-order valence-electron chi connectivity index (χ4n) is 2.54. The van der Waals surface area contributed by atoms with Crippen LogP contribution in [0.15, 0.2) is 30.3 Å². The Labute approximate surface area is 112 Å². The number of nitrogens with zero attached hydrogens (tertiary/aromatic N) is 1. The highest BCUT2D eigenvalue weighted by Crippen LogP contribution is 2.23. The molecule has 1 aromatic carbocycles. The summed E-state index contributed by atoms with van der Waals surface area (Å²) in [7, 11) is 1.82. The van der Waals surface area contributed by atoms with Gasteiger partial charge in [0.1, 0.15) is 0 Å². The van der Waals surface area contributed by atoms with Crippen molar-refractivity contribution in [1.82, 2.24) is 4.57 Å². The van der Waals surface area contributed by atoms with E-state index in [9.17, 15) is 9.59 Å². The number of rotatable bonds is 3. The normalized spacial score (nSPS) is 10.5. The Morgan fingerprint density at radius 1 is 1.05 bits per heavy atom. The van der Waals surface area contributed by atoms with E-state index >= 15 is 0 Å². The lowest BCUT2D eigenvalue weighted by molar-refractivity contribution is 0.101. The molecule has 0 atom stereocenters. The molecule has 0 fully saturated rings. The Morgan fingerprint density at radius 3 is 2.11 bits per heavy atom. The quantitative estimate of drug-likeness (QED) is 0.791. The van der Waals surface area contributed by atoms with E-state index in [4.69, 9.17) is 0 Å². The molecular formula is C16H17NO2. The molecule has 0 bridgehead atoms. The summed E-state index contributed by atoms with van der Waals surface area (Å²) >= 11 is 0. The molecule has 0 unspecified atom stereocenters. The second kappa shape index (κ2) is 4.84. The number of hydrogen-bond donors (Lipinski definition) is 0. The van der Waals surface area contributed by atoms with E-state index in [1.165, 1.54) is 6.92 Å². The topological polar surface area (TPSA) is 39.1 Å². The zero-order chi connectivity index (χ0) is 14.2. The molecule has 0 radical (unpaired) electrons. The molecule has 0 N–H and O–H groups in total. The molecule has 98 valence electrons. The molecule has 3 nitrogen and oxygen atoms in total. The van der Waals surface area contributed by atoms with Crippen LogP contribution in [-0.2, 0) is 7.05 Å². The maximum absolute atomic E-state index is 12.5. The molecule has 0 saturated carbocycles. The van der Waals surface area contributed by atoms with Crippen molar-refractivity contribution in [3.8, 4) is 0 Å². The Hall–Kier alpha value is -2.16. The van der Waals surface area contributed by atoms with E-state index in [2.05, 4.69) is 0 Å². The van der Waals surface area contributed by atoms with Gasteiger partial charge in [-0.1, -0.05) is 30.3 Å². The van der Waals surface area contributed by atoms with Crippen LogP contribution in [0, 0.1) is 13.8 Å². The number of carbonyl (C=O) groups is 2. The van der Waals surface area contributed by atoms with Gasteiger partial charge in [0.15, 0.2) is 5.78 Å². The van der Waals surface area contributed by atoms with Crippen molar-refractivity contribution in [3.63, 3.8) is 0 Å². The summed E-state index contributed by atoms with van der Waals surface area (Å²) in [5.41, 5.74) is 3.49. The number of hydrogen-bond acceptors (Lipinski definition) is 2. The zero-order valence-electron chi connectivity index (χ0n) is 11.7. The van der Waals surface area contributed by atoms with Gasteiger partial charge >= 0.3 is 0 Å². The second-order valence-electron chi connectivity index (χ2n) is 4.74. The van der Waals surface area contributed by atoms with Gasteiger partial charge in [0, 0.05) is 23.9 Å². The molecule has 0 aliphatic heterocycles. The van der Waals surface area contributed by atoms with Crippen LogP contribution in [0.3, 0.4) is 0 Å². The third-order valence-electron chi connectivity index (χ3n) is 3.53. The van der Waals surface area contributed by atoms with Crippen LogP contribution in [0.2, 0.25) is 0 Å². The second-order valence-corrected chi connectivity index (χ2v) is 4.74. The van der Waals surface area contributed by atoms with Gasteiger partial charge in [0.25, 0.3) is 0 Å². The number of aromatic nitrogens is 1. The van der Waals surface area contributed by atoms with Gasteiger partial charge in [-0.05, 0) is 26.3 Å². The highest BCUT2D eigenvalue weighted by Gasteiger charge is 2.23. The van der Waals surface area contributed by atoms with Crippen LogP contribution in [0.4, 0.5) is 0 Å². The first-order valence-electron chi connectivity index (χ1n) is 6.21. The van der Waals surface area contributed by atoms with Gasteiger partial charge in [-0.3, -0.25) is 9.59 Å². The lowest BCUT2D eigenvalue weighted by Crippen LogP contribution is -2.09. The molecule has 19 heavy (non-hydrogen) atoms. The molecule has 1 aromatic heterocycles. The van der Waals surface area contributed by atoms with Crippen molar-refractivity contribution in [1.29, 1.82) is 0 Å². The van der Waals surface area contributed by atoms with E-state index in [0.29, 0.717) is 16.8 Å². The van der Waals surface area contributed by atoms with Gasteiger partial charge in [0.05, 0.1) is 5.69 Å². The summed E-state index contributed by atoms with van der Waals surface area (Å²) in [6.45, 7) is 5.23. The first kappa shape index (κ1) is 13.3. The van der Waals surface area contributed by atoms with Crippen molar-refractivity contribution in [3.05, 3.63) is 58.4 Å². The average Bonchev–Trinajstić information content (AvgIpc) is 2.60.